The van der Waals surface area contributed by atoms with Crippen molar-refractivity contribution < 1.29 is 4.74 Å². The van der Waals surface area contributed by atoms with Crippen LogP contribution in [0.4, 0.5) is 0 Å². The molecule has 0 unspecified atom stereocenters. The van der Waals surface area contributed by atoms with Crippen molar-refractivity contribution in [3.63, 3.8) is 0 Å². The molecule has 1 aromatic rings. The van der Waals surface area contributed by atoms with E-state index in [0.29, 0.717) is 0 Å². The third-order valence-corrected chi connectivity index (χ3v) is 2.66. The fourth-order valence-electron chi connectivity index (χ4n) is 1.45. The molecule has 0 heterocycles. The predicted octanol–water partition coefficient (Wildman–Crippen LogP) is 5.11. The second-order valence-corrected chi connectivity index (χ2v) is 4.20. The van der Waals surface area contributed by atoms with Crippen LogP contribution >= 0.6 is 0 Å². The SMILES string of the molecule is CCCCC=CC(C)=C(C)Oc1ccccc1. The van der Waals surface area contributed by atoms with Gasteiger partial charge in [0, 0.05) is 0 Å². The molecule has 0 amide bonds. The molecule has 0 atom stereocenters. The van der Waals surface area contributed by atoms with E-state index in [1.165, 1.54) is 18.4 Å². The average molecular weight is 230 g/mol. The van der Waals surface area contributed by atoms with Crippen molar-refractivity contribution in [3.8, 4) is 5.75 Å². The normalized spacial score (nSPS) is 12.6. The summed E-state index contributed by atoms with van der Waals surface area (Å²) in [5, 5.41) is 0. The Labute approximate surface area is 105 Å². The van der Waals surface area contributed by atoms with Crippen LogP contribution in [0.5, 0.6) is 5.75 Å². The Hall–Kier alpha value is -1.50. The summed E-state index contributed by atoms with van der Waals surface area (Å²) in [5.41, 5.74) is 1.19. The van der Waals surface area contributed by atoms with Gasteiger partial charge in [-0.1, -0.05) is 50.1 Å². The fourth-order valence-corrected chi connectivity index (χ4v) is 1.45. The van der Waals surface area contributed by atoms with Gasteiger partial charge in [-0.25, -0.2) is 0 Å². The second-order valence-electron chi connectivity index (χ2n) is 4.20. The van der Waals surface area contributed by atoms with E-state index in [-0.39, 0.29) is 0 Å². The first-order valence-electron chi connectivity index (χ1n) is 6.31. The molecule has 0 radical (unpaired) electrons. The van der Waals surface area contributed by atoms with Crippen molar-refractivity contribution in [1.29, 1.82) is 0 Å². The first kappa shape index (κ1) is 13.6. The van der Waals surface area contributed by atoms with Gasteiger partial charge in [0.25, 0.3) is 0 Å². The van der Waals surface area contributed by atoms with Crippen molar-refractivity contribution in [2.24, 2.45) is 0 Å². The summed E-state index contributed by atoms with van der Waals surface area (Å²) < 4.78 is 5.76. The number of hydrogen-bond donors (Lipinski definition) is 0. The lowest BCUT2D eigenvalue weighted by molar-refractivity contribution is 0.423. The Bertz CT molecular complexity index is 374. The van der Waals surface area contributed by atoms with Crippen LogP contribution in [-0.4, -0.2) is 0 Å². The number of benzene rings is 1. The van der Waals surface area contributed by atoms with Crippen molar-refractivity contribution in [3.05, 3.63) is 53.8 Å². The molecule has 0 aliphatic carbocycles. The first-order chi connectivity index (χ1) is 8.24. The van der Waals surface area contributed by atoms with Gasteiger partial charge in [-0.2, -0.15) is 0 Å². The highest BCUT2D eigenvalue weighted by Crippen LogP contribution is 2.15. The van der Waals surface area contributed by atoms with Crippen LogP contribution in [0.3, 0.4) is 0 Å². The van der Waals surface area contributed by atoms with Crippen molar-refractivity contribution >= 4 is 0 Å². The third kappa shape index (κ3) is 5.39. The van der Waals surface area contributed by atoms with Gasteiger partial charge in [0.1, 0.15) is 11.5 Å². The summed E-state index contributed by atoms with van der Waals surface area (Å²) in [6.07, 6.45) is 8.01. The molecule has 0 aromatic heterocycles. The first-order valence-corrected chi connectivity index (χ1v) is 6.31. The topological polar surface area (TPSA) is 9.23 Å². The molecule has 0 spiro atoms. The Morgan fingerprint density at radius 1 is 1.18 bits per heavy atom. The lowest BCUT2D eigenvalue weighted by atomic mass is 10.2. The average Bonchev–Trinajstić information content (AvgIpc) is 2.35. The van der Waals surface area contributed by atoms with Gasteiger partial charge in [-0.05, 0) is 38.0 Å². The van der Waals surface area contributed by atoms with Gasteiger partial charge in [-0.3, -0.25) is 0 Å². The van der Waals surface area contributed by atoms with Gasteiger partial charge in [0.2, 0.25) is 0 Å². The molecule has 1 aromatic carbocycles. The summed E-state index contributed by atoms with van der Waals surface area (Å²) in [4.78, 5) is 0. The van der Waals surface area contributed by atoms with E-state index in [9.17, 15) is 0 Å². The molecule has 0 aliphatic rings. The quantitative estimate of drug-likeness (QED) is 0.375. The minimum atomic E-state index is 0.895. The van der Waals surface area contributed by atoms with Gasteiger partial charge in [0.05, 0.1) is 0 Å². The highest BCUT2D eigenvalue weighted by atomic mass is 16.5. The number of allylic oxidation sites excluding steroid dienone is 4. The van der Waals surface area contributed by atoms with Crippen LogP contribution in [0.2, 0.25) is 0 Å². The third-order valence-electron chi connectivity index (χ3n) is 2.66. The molecule has 1 nitrogen and oxygen atoms in total. The molecule has 1 rings (SSSR count). The highest BCUT2D eigenvalue weighted by molar-refractivity contribution is 5.26. The molecular weight excluding hydrogens is 208 g/mol. The van der Waals surface area contributed by atoms with E-state index in [4.69, 9.17) is 4.74 Å². The second kappa shape index (κ2) is 7.72. The van der Waals surface area contributed by atoms with Gasteiger partial charge in [-0.15, -0.1) is 0 Å². The van der Waals surface area contributed by atoms with E-state index in [1.54, 1.807) is 0 Å². The lowest BCUT2D eigenvalue weighted by Crippen LogP contribution is -1.93. The van der Waals surface area contributed by atoms with E-state index < -0.39 is 0 Å². The number of rotatable bonds is 6. The number of para-hydroxylation sites is 1. The summed E-state index contributed by atoms with van der Waals surface area (Å²) in [7, 11) is 0. The molecular formula is C16H22O. The molecule has 0 fully saturated rings. The Morgan fingerprint density at radius 2 is 1.88 bits per heavy atom. The largest absolute Gasteiger partial charge is 0.462 e. The zero-order valence-electron chi connectivity index (χ0n) is 11.1. The van der Waals surface area contributed by atoms with Gasteiger partial charge >= 0.3 is 0 Å². The highest BCUT2D eigenvalue weighted by Gasteiger charge is 1.96. The van der Waals surface area contributed by atoms with Crippen LogP contribution in [-0.2, 0) is 0 Å². The Kier molecular flexibility index (Phi) is 6.16. The standard InChI is InChI=1S/C16H22O/c1-4-5-6-8-11-14(2)15(3)17-16-12-9-7-10-13-16/h7-13H,4-6H2,1-3H3. The molecule has 0 saturated heterocycles. The minimum absolute atomic E-state index is 0.895. The molecule has 0 bridgehead atoms. The molecule has 0 aliphatic heterocycles. The summed E-state index contributed by atoms with van der Waals surface area (Å²) in [5.74, 6) is 1.86. The van der Waals surface area contributed by atoms with Crippen molar-refractivity contribution in [2.45, 2.75) is 40.0 Å². The molecule has 0 N–H and O–H groups in total. The number of ether oxygens (including phenoxy) is 1. The molecule has 92 valence electrons. The van der Waals surface area contributed by atoms with E-state index >= 15 is 0 Å². The van der Waals surface area contributed by atoms with Crippen molar-refractivity contribution in [2.75, 3.05) is 0 Å². The van der Waals surface area contributed by atoms with Crippen molar-refractivity contribution in [1.82, 2.24) is 0 Å². The maximum Gasteiger partial charge on any atom is 0.126 e. The van der Waals surface area contributed by atoms with E-state index in [2.05, 4.69) is 26.0 Å². The van der Waals surface area contributed by atoms with E-state index in [0.717, 1.165) is 17.9 Å². The zero-order chi connectivity index (χ0) is 12.5. The van der Waals surface area contributed by atoms with Gasteiger partial charge in [0.15, 0.2) is 0 Å². The Balaban J connectivity index is 2.54. The maximum absolute atomic E-state index is 5.76. The monoisotopic (exact) mass is 230 g/mol. The zero-order valence-corrected chi connectivity index (χ0v) is 11.1. The molecule has 0 saturated carbocycles. The van der Waals surface area contributed by atoms with E-state index in [1.807, 2.05) is 37.3 Å². The number of hydrogen-bond acceptors (Lipinski definition) is 1. The Morgan fingerprint density at radius 3 is 2.53 bits per heavy atom. The molecule has 1 heteroatoms. The fraction of sp³-hybridized carbons (Fsp3) is 0.375. The maximum atomic E-state index is 5.76. The smallest absolute Gasteiger partial charge is 0.126 e. The summed E-state index contributed by atoms with van der Waals surface area (Å²) >= 11 is 0. The molecule has 17 heavy (non-hydrogen) atoms. The summed E-state index contributed by atoms with van der Waals surface area (Å²) in [6, 6.07) is 9.89. The summed E-state index contributed by atoms with van der Waals surface area (Å²) in [6.45, 7) is 6.30. The van der Waals surface area contributed by atoms with Gasteiger partial charge < -0.3 is 4.74 Å². The van der Waals surface area contributed by atoms with Crippen LogP contribution in [0.25, 0.3) is 0 Å². The van der Waals surface area contributed by atoms with Crippen LogP contribution < -0.4 is 4.74 Å². The predicted molar refractivity (Wildman–Crippen MR) is 74.1 cm³/mol. The lowest BCUT2D eigenvalue weighted by Gasteiger charge is -2.07. The van der Waals surface area contributed by atoms with Crippen LogP contribution in [0, 0.1) is 0 Å². The minimum Gasteiger partial charge on any atom is -0.462 e. The number of unbranched alkanes of at least 4 members (excludes halogenated alkanes) is 2. The van der Waals surface area contributed by atoms with Crippen LogP contribution in [0.1, 0.15) is 40.0 Å². The van der Waals surface area contributed by atoms with Crippen LogP contribution in [0.15, 0.2) is 53.8 Å².